The Morgan fingerprint density at radius 2 is 1.57 bits per heavy atom. The second kappa shape index (κ2) is 15.9. The molecule has 0 N–H and O–H groups in total. The van der Waals surface area contributed by atoms with Crippen molar-refractivity contribution in [1.29, 1.82) is 0 Å². The highest BCUT2D eigenvalue weighted by Crippen LogP contribution is 2.25. The summed E-state index contributed by atoms with van der Waals surface area (Å²) in [5.74, 6) is 1.42. The molecule has 0 radical (unpaired) electrons. The van der Waals surface area contributed by atoms with E-state index in [0.717, 1.165) is 12.3 Å². The van der Waals surface area contributed by atoms with Gasteiger partial charge < -0.3 is 4.74 Å². The van der Waals surface area contributed by atoms with Crippen molar-refractivity contribution in [3.63, 3.8) is 0 Å². The minimum atomic E-state index is -0.0921. The lowest BCUT2D eigenvalue weighted by atomic mass is 9.88. The number of rotatable bonds is 5. The third-order valence-corrected chi connectivity index (χ3v) is 4.02. The lowest BCUT2D eigenvalue weighted by Crippen LogP contribution is -2.22. The highest BCUT2D eigenvalue weighted by molar-refractivity contribution is 5.69. The van der Waals surface area contributed by atoms with Crippen LogP contribution in [0.25, 0.3) is 0 Å². The predicted octanol–water partition coefficient (Wildman–Crippen LogP) is 6.38. The van der Waals surface area contributed by atoms with Gasteiger partial charge in [0.05, 0.1) is 0 Å². The van der Waals surface area contributed by atoms with Crippen LogP contribution in [-0.2, 0) is 9.53 Å². The molecule has 0 aromatic rings. The van der Waals surface area contributed by atoms with Gasteiger partial charge in [0.25, 0.3) is 0 Å². The molecule has 128 valence electrons. The Bertz CT molecular complexity index is 218. The molecule has 21 heavy (non-hydrogen) atoms. The first-order valence-electron chi connectivity index (χ1n) is 9.24. The van der Waals surface area contributed by atoms with Gasteiger partial charge in [-0.3, -0.25) is 4.79 Å². The Kier molecular flexibility index (Phi) is 17.2. The molecule has 0 aliphatic heterocycles. The maximum atomic E-state index is 10.9. The Labute approximate surface area is 134 Å². The predicted molar refractivity (Wildman–Crippen MR) is 93.5 cm³/mol. The summed E-state index contributed by atoms with van der Waals surface area (Å²) in [6.45, 7) is 14.3. The fourth-order valence-electron chi connectivity index (χ4n) is 2.54. The van der Waals surface area contributed by atoms with Gasteiger partial charge in [-0.15, -0.1) is 0 Å². The van der Waals surface area contributed by atoms with Crippen LogP contribution in [0.15, 0.2) is 0 Å². The molecule has 0 bridgehead atoms. The molecule has 0 amide bonds. The van der Waals surface area contributed by atoms with E-state index in [1.807, 2.05) is 27.7 Å². The molecular formula is C19H40O2. The highest BCUT2D eigenvalue weighted by atomic mass is 16.5. The molecule has 1 aliphatic carbocycles. The van der Waals surface area contributed by atoms with Crippen molar-refractivity contribution >= 4 is 5.97 Å². The Hall–Kier alpha value is -0.530. The Morgan fingerprint density at radius 1 is 1.05 bits per heavy atom. The first kappa shape index (κ1) is 22.7. The van der Waals surface area contributed by atoms with Crippen molar-refractivity contribution in [2.24, 2.45) is 11.8 Å². The number of esters is 1. The van der Waals surface area contributed by atoms with Gasteiger partial charge >= 0.3 is 5.97 Å². The maximum Gasteiger partial charge on any atom is 0.305 e. The van der Waals surface area contributed by atoms with Gasteiger partial charge in [0.1, 0.15) is 6.10 Å². The molecule has 0 aromatic carbocycles. The summed E-state index contributed by atoms with van der Waals surface area (Å²) < 4.78 is 5.17. The molecule has 2 heteroatoms. The molecule has 1 saturated carbocycles. The molecule has 1 fully saturated rings. The van der Waals surface area contributed by atoms with E-state index < -0.39 is 0 Å². The van der Waals surface area contributed by atoms with Crippen molar-refractivity contribution < 1.29 is 9.53 Å². The fraction of sp³-hybridized carbons (Fsp3) is 0.947. The Morgan fingerprint density at radius 3 is 1.86 bits per heavy atom. The molecular weight excluding hydrogens is 260 g/mol. The average Bonchev–Trinajstić information content (AvgIpc) is 2.55. The minimum absolute atomic E-state index is 0.0921. The van der Waals surface area contributed by atoms with Gasteiger partial charge in [-0.1, -0.05) is 87.0 Å². The largest absolute Gasteiger partial charge is 0.462 e. The summed E-state index contributed by atoms with van der Waals surface area (Å²) in [5.41, 5.74) is 0. The summed E-state index contributed by atoms with van der Waals surface area (Å²) in [5, 5.41) is 0. The number of carbonyl (C=O) groups is 1. The third kappa shape index (κ3) is 12.9. The first-order chi connectivity index (χ1) is 10.0. The summed E-state index contributed by atoms with van der Waals surface area (Å²) in [6.07, 6.45) is 10.4. The van der Waals surface area contributed by atoms with Crippen molar-refractivity contribution in [1.82, 2.24) is 0 Å². The second-order valence-electron chi connectivity index (χ2n) is 5.95. The molecule has 0 heterocycles. The first-order valence-corrected chi connectivity index (χ1v) is 9.24. The monoisotopic (exact) mass is 300 g/mol. The molecule has 0 aromatic heterocycles. The zero-order valence-corrected chi connectivity index (χ0v) is 15.7. The van der Waals surface area contributed by atoms with Crippen LogP contribution < -0.4 is 0 Å². The molecule has 1 unspecified atom stereocenters. The smallest absolute Gasteiger partial charge is 0.305 e. The number of hydrogen-bond acceptors (Lipinski definition) is 2. The molecule has 2 nitrogen and oxygen atoms in total. The lowest BCUT2D eigenvalue weighted by Gasteiger charge is -2.18. The maximum absolute atomic E-state index is 10.9. The van der Waals surface area contributed by atoms with Crippen LogP contribution in [0.3, 0.4) is 0 Å². The van der Waals surface area contributed by atoms with Crippen LogP contribution in [0.4, 0.5) is 0 Å². The van der Waals surface area contributed by atoms with E-state index in [0.29, 0.717) is 12.3 Å². The second-order valence-corrected chi connectivity index (χ2v) is 5.95. The summed E-state index contributed by atoms with van der Waals surface area (Å²) in [7, 11) is 0. The summed E-state index contributed by atoms with van der Waals surface area (Å²) in [6, 6.07) is 0. The summed E-state index contributed by atoms with van der Waals surface area (Å²) in [4.78, 5) is 10.9. The van der Waals surface area contributed by atoms with Crippen LogP contribution in [0, 0.1) is 11.8 Å². The van der Waals surface area contributed by atoms with Crippen molar-refractivity contribution in [2.45, 2.75) is 106 Å². The van der Waals surface area contributed by atoms with E-state index in [4.69, 9.17) is 4.74 Å². The van der Waals surface area contributed by atoms with E-state index >= 15 is 0 Å². The standard InChI is InChI=1S/C9H18O2.C8H16.C2H6/c1-5-8(7(3)4)11-9(10)6-2;1-2-8-6-4-3-5-7-8;1-2/h7-8H,5-6H2,1-4H3;8H,2-7H2,1H3;1-2H3. The van der Waals surface area contributed by atoms with Gasteiger partial charge in [-0.05, 0) is 18.3 Å². The van der Waals surface area contributed by atoms with Crippen LogP contribution in [0.5, 0.6) is 0 Å². The van der Waals surface area contributed by atoms with Crippen LogP contribution in [-0.4, -0.2) is 12.1 Å². The van der Waals surface area contributed by atoms with Crippen LogP contribution in [0.2, 0.25) is 0 Å². The quantitative estimate of drug-likeness (QED) is 0.551. The van der Waals surface area contributed by atoms with Crippen molar-refractivity contribution in [2.75, 3.05) is 0 Å². The number of carbonyl (C=O) groups excluding carboxylic acids is 1. The van der Waals surface area contributed by atoms with Crippen molar-refractivity contribution in [3.05, 3.63) is 0 Å². The number of hydrogen-bond donors (Lipinski definition) is 0. The van der Waals surface area contributed by atoms with E-state index in [2.05, 4.69) is 20.8 Å². The minimum Gasteiger partial charge on any atom is -0.462 e. The highest BCUT2D eigenvalue weighted by Gasteiger charge is 2.14. The van der Waals surface area contributed by atoms with Gasteiger partial charge in [0.15, 0.2) is 0 Å². The Balaban J connectivity index is 0. The van der Waals surface area contributed by atoms with E-state index in [9.17, 15) is 4.79 Å². The molecule has 1 rings (SSSR count). The SMILES string of the molecule is CC.CCC(=O)OC(CC)C(C)C.CCC1CCCCC1. The fourth-order valence-corrected chi connectivity index (χ4v) is 2.54. The zero-order chi connectivity index (χ0) is 16.7. The van der Waals surface area contributed by atoms with Gasteiger partial charge in [-0.25, -0.2) is 0 Å². The molecule has 1 aliphatic rings. The zero-order valence-electron chi connectivity index (χ0n) is 15.7. The topological polar surface area (TPSA) is 26.3 Å². The number of ether oxygens (including phenoxy) is 1. The van der Waals surface area contributed by atoms with Gasteiger partial charge in [0, 0.05) is 6.42 Å². The normalized spacial score (nSPS) is 16.2. The molecule has 0 saturated heterocycles. The third-order valence-electron chi connectivity index (χ3n) is 4.02. The van der Waals surface area contributed by atoms with Crippen LogP contribution >= 0.6 is 0 Å². The average molecular weight is 301 g/mol. The lowest BCUT2D eigenvalue weighted by molar-refractivity contribution is -0.151. The van der Waals surface area contributed by atoms with Gasteiger partial charge in [0.2, 0.25) is 0 Å². The van der Waals surface area contributed by atoms with E-state index in [-0.39, 0.29) is 12.1 Å². The molecule has 1 atom stereocenters. The van der Waals surface area contributed by atoms with E-state index in [1.165, 1.54) is 38.5 Å². The molecule has 0 spiro atoms. The van der Waals surface area contributed by atoms with Gasteiger partial charge in [-0.2, -0.15) is 0 Å². The van der Waals surface area contributed by atoms with Crippen LogP contribution in [0.1, 0.15) is 99.8 Å². The summed E-state index contributed by atoms with van der Waals surface area (Å²) >= 11 is 0. The van der Waals surface area contributed by atoms with Crippen molar-refractivity contribution in [3.8, 4) is 0 Å². The van der Waals surface area contributed by atoms with E-state index in [1.54, 1.807) is 0 Å².